The summed E-state index contributed by atoms with van der Waals surface area (Å²) in [6, 6.07) is -0.201. The van der Waals surface area contributed by atoms with E-state index in [4.69, 9.17) is 5.73 Å². The maximum Gasteiger partial charge on any atom is 0.251 e. The van der Waals surface area contributed by atoms with E-state index in [1.54, 1.807) is 0 Å². The van der Waals surface area contributed by atoms with Crippen molar-refractivity contribution in [1.29, 1.82) is 0 Å². The van der Waals surface area contributed by atoms with Crippen molar-refractivity contribution in [3.05, 3.63) is 16.0 Å². The lowest BCUT2D eigenvalue weighted by Gasteiger charge is -2.38. The van der Waals surface area contributed by atoms with E-state index >= 15 is 0 Å². The van der Waals surface area contributed by atoms with Crippen molar-refractivity contribution >= 4 is 28.2 Å². The van der Waals surface area contributed by atoms with Crippen molar-refractivity contribution in [2.24, 2.45) is 17.6 Å². The molecule has 1 fully saturated rings. The zero-order chi connectivity index (χ0) is 17.4. The van der Waals surface area contributed by atoms with E-state index in [2.05, 4.69) is 24.1 Å². The first-order valence-electron chi connectivity index (χ1n) is 8.86. The average Bonchev–Trinajstić information content (AvgIpc) is 3.05. The summed E-state index contributed by atoms with van der Waals surface area (Å²) in [4.78, 5) is 28.0. The van der Waals surface area contributed by atoms with Crippen LogP contribution in [0.1, 0.15) is 54.4 Å². The number of nitrogens with zero attached hydrogens (tertiary/aromatic N) is 1. The quantitative estimate of drug-likeness (QED) is 0.877. The van der Waals surface area contributed by atoms with Crippen LogP contribution in [0.15, 0.2) is 0 Å². The number of thiophene rings is 1. The number of hydrogen-bond donors (Lipinski definition) is 2. The Hall–Kier alpha value is -1.40. The molecule has 0 radical (unpaired) electrons. The van der Waals surface area contributed by atoms with E-state index in [9.17, 15) is 9.59 Å². The van der Waals surface area contributed by atoms with Crippen molar-refractivity contribution in [2.75, 3.05) is 18.4 Å². The van der Waals surface area contributed by atoms with Gasteiger partial charge in [0.2, 0.25) is 5.91 Å². The number of nitrogens with two attached hydrogens (primary N) is 1. The fourth-order valence-electron chi connectivity index (χ4n) is 4.16. The normalized spacial score (nSPS) is 25.3. The molecule has 3 N–H and O–H groups in total. The lowest BCUT2D eigenvalue weighted by atomic mass is 9.91. The maximum absolute atomic E-state index is 12.7. The van der Waals surface area contributed by atoms with Crippen LogP contribution in [0, 0.1) is 11.8 Å². The number of amides is 2. The molecule has 132 valence electrons. The minimum atomic E-state index is -0.433. The van der Waals surface area contributed by atoms with Gasteiger partial charge in [0.05, 0.1) is 11.6 Å². The number of carbonyl (C=O) groups is 2. The highest BCUT2D eigenvalue weighted by Gasteiger charge is 2.31. The smallest absolute Gasteiger partial charge is 0.251 e. The van der Waals surface area contributed by atoms with Crippen molar-refractivity contribution in [3.8, 4) is 0 Å². The van der Waals surface area contributed by atoms with Gasteiger partial charge in [-0.05, 0) is 50.0 Å². The van der Waals surface area contributed by atoms with Gasteiger partial charge in [0.1, 0.15) is 5.00 Å². The fraction of sp³-hybridized carbons (Fsp3) is 0.667. The third-order valence-electron chi connectivity index (χ3n) is 5.23. The van der Waals surface area contributed by atoms with Crippen molar-refractivity contribution in [1.82, 2.24) is 4.90 Å². The van der Waals surface area contributed by atoms with Gasteiger partial charge in [-0.15, -0.1) is 11.3 Å². The molecule has 0 bridgehead atoms. The molecule has 1 aliphatic heterocycles. The number of fused-ring (bicyclic) bond motifs is 1. The van der Waals surface area contributed by atoms with Gasteiger partial charge in [-0.3, -0.25) is 14.5 Å². The minimum Gasteiger partial charge on any atom is -0.365 e. The minimum absolute atomic E-state index is 0.0428. The number of hydrogen-bond acceptors (Lipinski definition) is 4. The number of piperidine rings is 1. The zero-order valence-electron chi connectivity index (χ0n) is 14.7. The van der Waals surface area contributed by atoms with Crippen molar-refractivity contribution in [2.45, 2.75) is 52.5 Å². The summed E-state index contributed by atoms with van der Waals surface area (Å²) in [5.41, 5.74) is 7.16. The summed E-state index contributed by atoms with van der Waals surface area (Å²) in [6.07, 6.45) is 4.15. The predicted molar refractivity (Wildman–Crippen MR) is 97.5 cm³/mol. The topological polar surface area (TPSA) is 75.4 Å². The van der Waals surface area contributed by atoms with E-state index in [1.807, 2.05) is 6.92 Å². The van der Waals surface area contributed by atoms with Gasteiger partial charge in [-0.2, -0.15) is 0 Å². The molecule has 0 aromatic carbocycles. The van der Waals surface area contributed by atoms with Gasteiger partial charge >= 0.3 is 0 Å². The van der Waals surface area contributed by atoms with Gasteiger partial charge in [-0.25, -0.2) is 0 Å². The number of carbonyl (C=O) groups excluding carboxylic acids is 2. The Balaban J connectivity index is 1.74. The van der Waals surface area contributed by atoms with Crippen LogP contribution < -0.4 is 11.1 Å². The molecule has 3 atom stereocenters. The number of primary amides is 1. The van der Waals surface area contributed by atoms with Gasteiger partial charge in [-0.1, -0.05) is 13.8 Å². The van der Waals surface area contributed by atoms with Gasteiger partial charge < -0.3 is 11.1 Å². The molecule has 1 saturated heterocycles. The van der Waals surface area contributed by atoms with E-state index in [0.717, 1.165) is 37.9 Å². The first kappa shape index (κ1) is 17.4. The lowest BCUT2D eigenvalue weighted by molar-refractivity contribution is -0.121. The summed E-state index contributed by atoms with van der Waals surface area (Å²) in [5.74, 6) is 0.739. The first-order valence-corrected chi connectivity index (χ1v) is 9.67. The Morgan fingerprint density at radius 3 is 2.54 bits per heavy atom. The molecule has 2 heterocycles. The largest absolute Gasteiger partial charge is 0.365 e. The fourth-order valence-corrected chi connectivity index (χ4v) is 5.46. The van der Waals surface area contributed by atoms with Gasteiger partial charge in [0, 0.05) is 18.0 Å². The maximum atomic E-state index is 12.7. The monoisotopic (exact) mass is 349 g/mol. The lowest BCUT2D eigenvalue weighted by Crippen LogP contribution is -2.48. The molecule has 6 heteroatoms. The molecular weight excluding hydrogens is 322 g/mol. The highest BCUT2D eigenvalue weighted by molar-refractivity contribution is 7.17. The second-order valence-corrected chi connectivity index (χ2v) is 8.60. The van der Waals surface area contributed by atoms with E-state index in [0.29, 0.717) is 22.4 Å². The summed E-state index contributed by atoms with van der Waals surface area (Å²) >= 11 is 1.52. The van der Waals surface area contributed by atoms with Crippen LogP contribution in [-0.2, 0) is 17.6 Å². The summed E-state index contributed by atoms with van der Waals surface area (Å²) < 4.78 is 0. The zero-order valence-corrected chi connectivity index (χ0v) is 15.5. The summed E-state index contributed by atoms with van der Waals surface area (Å²) in [7, 11) is 0. The number of anilines is 1. The molecule has 24 heavy (non-hydrogen) atoms. The third kappa shape index (κ3) is 3.35. The van der Waals surface area contributed by atoms with Crippen LogP contribution in [0.25, 0.3) is 0 Å². The summed E-state index contributed by atoms with van der Waals surface area (Å²) in [6.45, 7) is 8.32. The van der Waals surface area contributed by atoms with Gasteiger partial charge in [0.25, 0.3) is 5.91 Å². The first-order chi connectivity index (χ1) is 11.4. The Kier molecular flexibility index (Phi) is 4.97. The molecule has 2 aliphatic rings. The van der Waals surface area contributed by atoms with Crippen molar-refractivity contribution in [3.63, 3.8) is 0 Å². The van der Waals surface area contributed by atoms with Crippen LogP contribution in [0.5, 0.6) is 0 Å². The molecular formula is C18H27N3O2S. The van der Waals surface area contributed by atoms with Gasteiger partial charge in [0.15, 0.2) is 0 Å². The van der Waals surface area contributed by atoms with Crippen LogP contribution in [0.2, 0.25) is 0 Å². The molecule has 0 saturated carbocycles. The highest BCUT2D eigenvalue weighted by atomic mass is 32.1. The number of rotatable bonds is 4. The Morgan fingerprint density at radius 2 is 1.92 bits per heavy atom. The van der Waals surface area contributed by atoms with E-state index < -0.39 is 5.91 Å². The van der Waals surface area contributed by atoms with E-state index in [1.165, 1.54) is 22.6 Å². The molecule has 3 rings (SSSR count). The number of likely N-dealkylation sites (tertiary alicyclic amines) is 1. The second kappa shape index (κ2) is 6.84. The standard InChI is InChI=1S/C18H27N3O2S/c1-10-7-11(2)9-21(8-10)12(3)17(23)20-18-15(16(19)22)13-5-4-6-14(13)24-18/h10-12H,4-9H2,1-3H3,(H2,19,22)(H,20,23)/t10-,11-,12-/m0/s1. The molecule has 5 nitrogen and oxygen atoms in total. The number of nitrogens with one attached hydrogen (secondary N) is 1. The van der Waals surface area contributed by atoms with Crippen molar-refractivity contribution < 1.29 is 9.59 Å². The van der Waals surface area contributed by atoms with E-state index in [-0.39, 0.29) is 11.9 Å². The molecule has 0 spiro atoms. The SMILES string of the molecule is C[C@H]1C[C@H](C)CN([C@@H](C)C(=O)Nc2sc3c(c2C(N)=O)CCC3)C1. The molecule has 0 unspecified atom stereocenters. The summed E-state index contributed by atoms with van der Waals surface area (Å²) in [5, 5.41) is 3.63. The Bertz CT molecular complexity index is 645. The Labute approximate surface area is 147 Å². The van der Waals surface area contributed by atoms with Crippen LogP contribution in [-0.4, -0.2) is 35.8 Å². The highest BCUT2D eigenvalue weighted by Crippen LogP contribution is 2.39. The molecule has 1 aromatic heterocycles. The van der Waals surface area contributed by atoms with Crippen LogP contribution >= 0.6 is 11.3 Å². The molecule has 1 aliphatic carbocycles. The van der Waals surface area contributed by atoms with Crippen LogP contribution in [0.4, 0.5) is 5.00 Å². The predicted octanol–water partition coefficient (Wildman–Crippen LogP) is 2.64. The second-order valence-electron chi connectivity index (χ2n) is 7.49. The third-order valence-corrected chi connectivity index (χ3v) is 6.44. The Morgan fingerprint density at radius 1 is 1.25 bits per heavy atom. The van der Waals surface area contributed by atoms with Crippen LogP contribution in [0.3, 0.4) is 0 Å². The number of aryl methyl sites for hydroxylation is 1. The average molecular weight is 350 g/mol. The molecule has 1 aromatic rings. The molecule has 2 amide bonds.